The molecule has 0 bridgehead atoms. The molecule has 15 heavy (non-hydrogen) atoms. The summed E-state index contributed by atoms with van der Waals surface area (Å²) in [4.78, 5) is 36.5. The lowest BCUT2D eigenvalue weighted by Gasteiger charge is -2.44. The van der Waals surface area contributed by atoms with Crippen LogP contribution in [-0.2, 0) is 9.59 Å². The maximum atomic E-state index is 12.1. The second-order valence-electron chi connectivity index (χ2n) is 4.60. The predicted octanol–water partition coefficient (Wildman–Crippen LogP) is 0.397. The summed E-state index contributed by atoms with van der Waals surface area (Å²) in [6, 6.07) is -0.479. The number of carbonyl (C=O) groups is 3. The lowest BCUT2D eigenvalue weighted by molar-refractivity contribution is -0.158. The fraction of sp³-hybridized carbons (Fsp3) is 0.700. The minimum atomic E-state index is -0.892. The number of barbiturate groups is 1. The SMILES string of the molecule is O=C1NC(=O)C2(CCC2)C(=O)N1C1CC1. The van der Waals surface area contributed by atoms with E-state index >= 15 is 0 Å². The van der Waals surface area contributed by atoms with E-state index in [1.807, 2.05) is 0 Å². The van der Waals surface area contributed by atoms with Crippen LogP contribution in [0.5, 0.6) is 0 Å². The van der Waals surface area contributed by atoms with Crippen LogP contribution >= 0.6 is 0 Å². The van der Waals surface area contributed by atoms with Crippen molar-refractivity contribution in [2.24, 2.45) is 5.41 Å². The molecule has 1 N–H and O–H groups in total. The number of rotatable bonds is 1. The molecule has 4 amide bonds. The largest absolute Gasteiger partial charge is 0.331 e. The summed E-state index contributed by atoms with van der Waals surface area (Å²) in [5.41, 5.74) is -0.892. The van der Waals surface area contributed by atoms with Gasteiger partial charge in [0.1, 0.15) is 5.41 Å². The molecule has 5 nitrogen and oxygen atoms in total. The van der Waals surface area contributed by atoms with Crippen LogP contribution in [-0.4, -0.2) is 28.8 Å². The topological polar surface area (TPSA) is 66.5 Å². The van der Waals surface area contributed by atoms with Crippen LogP contribution in [0.2, 0.25) is 0 Å². The van der Waals surface area contributed by atoms with Gasteiger partial charge in [0.05, 0.1) is 0 Å². The van der Waals surface area contributed by atoms with E-state index in [0.29, 0.717) is 12.8 Å². The van der Waals surface area contributed by atoms with Crippen molar-refractivity contribution in [3.05, 3.63) is 0 Å². The highest BCUT2D eigenvalue weighted by Gasteiger charge is 2.59. The number of hydrogen-bond acceptors (Lipinski definition) is 3. The highest BCUT2D eigenvalue weighted by Crippen LogP contribution is 2.46. The summed E-state index contributed by atoms with van der Waals surface area (Å²) in [5.74, 6) is -0.648. The fourth-order valence-electron chi connectivity index (χ4n) is 2.33. The lowest BCUT2D eigenvalue weighted by Crippen LogP contribution is -2.66. The van der Waals surface area contributed by atoms with Gasteiger partial charge >= 0.3 is 6.03 Å². The first-order valence-electron chi connectivity index (χ1n) is 5.34. The Hall–Kier alpha value is -1.39. The van der Waals surface area contributed by atoms with Crippen molar-refractivity contribution >= 4 is 17.8 Å². The van der Waals surface area contributed by atoms with Gasteiger partial charge in [-0.2, -0.15) is 0 Å². The van der Waals surface area contributed by atoms with Crippen molar-refractivity contribution < 1.29 is 14.4 Å². The molecule has 0 unspecified atom stereocenters. The van der Waals surface area contributed by atoms with E-state index in [0.717, 1.165) is 19.3 Å². The molecule has 80 valence electrons. The standard InChI is InChI=1S/C10H12N2O3/c13-7-10(4-1-5-10)8(14)12(6-2-3-6)9(15)11-7/h6H,1-5H2,(H,11,13,15). The third kappa shape index (κ3) is 1.00. The first kappa shape index (κ1) is 8.88. The maximum Gasteiger partial charge on any atom is 0.331 e. The van der Waals surface area contributed by atoms with E-state index < -0.39 is 11.4 Å². The summed E-state index contributed by atoms with van der Waals surface area (Å²) in [6.07, 6.45) is 3.83. The Morgan fingerprint density at radius 2 is 1.87 bits per heavy atom. The Morgan fingerprint density at radius 3 is 2.33 bits per heavy atom. The number of carbonyl (C=O) groups excluding carboxylic acids is 3. The molecule has 2 aliphatic carbocycles. The van der Waals surface area contributed by atoms with Gasteiger partial charge in [0, 0.05) is 6.04 Å². The van der Waals surface area contributed by atoms with Crippen molar-refractivity contribution in [2.75, 3.05) is 0 Å². The first-order valence-corrected chi connectivity index (χ1v) is 5.34. The molecule has 0 aromatic rings. The second-order valence-corrected chi connectivity index (χ2v) is 4.60. The zero-order valence-corrected chi connectivity index (χ0v) is 8.28. The van der Waals surface area contributed by atoms with Gasteiger partial charge in [-0.05, 0) is 25.7 Å². The molecule has 3 fully saturated rings. The van der Waals surface area contributed by atoms with E-state index in [4.69, 9.17) is 0 Å². The number of nitrogens with one attached hydrogen (secondary N) is 1. The Labute approximate surface area is 86.8 Å². The van der Waals surface area contributed by atoms with Gasteiger partial charge in [-0.3, -0.25) is 19.8 Å². The van der Waals surface area contributed by atoms with Crippen LogP contribution < -0.4 is 5.32 Å². The smallest absolute Gasteiger partial charge is 0.277 e. The summed E-state index contributed by atoms with van der Waals surface area (Å²) in [5, 5.41) is 2.30. The van der Waals surface area contributed by atoms with Gasteiger partial charge in [0.15, 0.2) is 0 Å². The average Bonchev–Trinajstić information content (AvgIpc) is 2.84. The molecule has 0 radical (unpaired) electrons. The van der Waals surface area contributed by atoms with Gasteiger partial charge < -0.3 is 0 Å². The normalized spacial score (nSPS) is 29.1. The van der Waals surface area contributed by atoms with Crippen molar-refractivity contribution in [1.82, 2.24) is 10.2 Å². The molecule has 3 aliphatic rings. The van der Waals surface area contributed by atoms with Crippen molar-refractivity contribution in [3.63, 3.8) is 0 Å². The van der Waals surface area contributed by atoms with Crippen LogP contribution in [0.4, 0.5) is 4.79 Å². The Bertz CT molecular complexity index is 369. The molecule has 1 aliphatic heterocycles. The summed E-state index contributed by atoms with van der Waals surface area (Å²) in [7, 11) is 0. The third-order valence-corrected chi connectivity index (χ3v) is 3.62. The van der Waals surface area contributed by atoms with Gasteiger partial charge in [-0.15, -0.1) is 0 Å². The monoisotopic (exact) mass is 208 g/mol. The van der Waals surface area contributed by atoms with Gasteiger partial charge in [0.2, 0.25) is 11.8 Å². The number of hydrogen-bond donors (Lipinski definition) is 1. The highest BCUT2D eigenvalue weighted by molar-refractivity contribution is 6.19. The van der Waals surface area contributed by atoms with Gasteiger partial charge in [-0.25, -0.2) is 4.79 Å². The molecule has 1 spiro atoms. The summed E-state index contributed by atoms with van der Waals surface area (Å²) in [6.45, 7) is 0. The molecule has 0 aromatic carbocycles. The van der Waals surface area contributed by atoms with E-state index in [9.17, 15) is 14.4 Å². The second kappa shape index (κ2) is 2.59. The molecular formula is C10H12N2O3. The van der Waals surface area contributed by atoms with E-state index in [1.54, 1.807) is 0 Å². The molecule has 0 atom stereocenters. The quantitative estimate of drug-likeness (QED) is 0.634. The van der Waals surface area contributed by atoms with E-state index in [1.165, 1.54) is 4.90 Å². The van der Waals surface area contributed by atoms with Crippen LogP contribution in [0.3, 0.4) is 0 Å². The third-order valence-electron chi connectivity index (χ3n) is 3.62. The van der Waals surface area contributed by atoms with Crippen LogP contribution in [0, 0.1) is 5.41 Å². The predicted molar refractivity (Wildman–Crippen MR) is 49.7 cm³/mol. The van der Waals surface area contributed by atoms with Crippen molar-refractivity contribution in [3.8, 4) is 0 Å². The Morgan fingerprint density at radius 1 is 1.20 bits per heavy atom. The van der Waals surface area contributed by atoms with Crippen molar-refractivity contribution in [2.45, 2.75) is 38.1 Å². The molecule has 2 saturated carbocycles. The van der Waals surface area contributed by atoms with Gasteiger partial charge in [-0.1, -0.05) is 6.42 Å². The minimum absolute atomic E-state index is 0.0445. The first-order chi connectivity index (χ1) is 7.15. The van der Waals surface area contributed by atoms with Crippen LogP contribution in [0.15, 0.2) is 0 Å². The Kier molecular flexibility index (Phi) is 1.53. The molecule has 0 aromatic heterocycles. The minimum Gasteiger partial charge on any atom is -0.277 e. The van der Waals surface area contributed by atoms with E-state index in [2.05, 4.69) is 5.32 Å². The van der Waals surface area contributed by atoms with Crippen LogP contribution in [0.1, 0.15) is 32.1 Å². The summed E-state index contributed by atoms with van der Waals surface area (Å²) >= 11 is 0. The number of urea groups is 1. The zero-order chi connectivity index (χ0) is 10.6. The van der Waals surface area contributed by atoms with Gasteiger partial charge in [0.25, 0.3) is 0 Å². The molecule has 3 rings (SSSR count). The maximum absolute atomic E-state index is 12.1. The number of imide groups is 2. The summed E-state index contributed by atoms with van der Waals surface area (Å²) < 4.78 is 0. The van der Waals surface area contributed by atoms with Crippen molar-refractivity contribution in [1.29, 1.82) is 0 Å². The molecule has 1 saturated heterocycles. The fourth-order valence-corrected chi connectivity index (χ4v) is 2.33. The number of amides is 4. The molecular weight excluding hydrogens is 196 g/mol. The molecule has 5 heteroatoms. The average molecular weight is 208 g/mol. The molecule has 1 heterocycles. The van der Waals surface area contributed by atoms with Crippen LogP contribution in [0.25, 0.3) is 0 Å². The lowest BCUT2D eigenvalue weighted by atomic mass is 9.66. The highest BCUT2D eigenvalue weighted by atomic mass is 16.2. The zero-order valence-electron chi connectivity index (χ0n) is 8.28. The number of nitrogens with zero attached hydrogens (tertiary/aromatic N) is 1. The van der Waals surface area contributed by atoms with E-state index in [-0.39, 0.29) is 17.9 Å². The Balaban J connectivity index is 1.94.